The highest BCUT2D eigenvalue weighted by molar-refractivity contribution is 6.27. The van der Waals surface area contributed by atoms with Crippen molar-refractivity contribution in [2.45, 2.75) is 13.0 Å². The second-order valence-electron chi connectivity index (χ2n) is 2.48. The van der Waals surface area contributed by atoms with Gasteiger partial charge in [-0.05, 0) is 13.0 Å². The summed E-state index contributed by atoms with van der Waals surface area (Å²) in [5.41, 5.74) is 0.938. The first-order valence-electron chi connectivity index (χ1n) is 3.61. The Kier molecular flexibility index (Phi) is 3.17. The summed E-state index contributed by atoms with van der Waals surface area (Å²) in [4.78, 5) is 10.8. The molecule has 0 aliphatic rings. The van der Waals surface area contributed by atoms with E-state index in [0.29, 0.717) is 0 Å². The van der Waals surface area contributed by atoms with Gasteiger partial charge in [0.15, 0.2) is 0 Å². The van der Waals surface area contributed by atoms with Crippen LogP contribution in [0, 0.1) is 0 Å². The van der Waals surface area contributed by atoms with Gasteiger partial charge in [0.2, 0.25) is 5.91 Å². The zero-order chi connectivity index (χ0) is 8.97. The molecule has 0 fully saturated rings. The van der Waals surface area contributed by atoms with Crippen LogP contribution in [0.2, 0.25) is 0 Å². The number of carbonyl (C=O) groups is 1. The second-order valence-corrected chi connectivity index (χ2v) is 2.75. The average molecular weight is 188 g/mol. The number of amides is 1. The number of hydrogen-bond acceptors (Lipinski definition) is 2. The third kappa shape index (κ3) is 2.27. The van der Waals surface area contributed by atoms with Crippen LogP contribution in [0.25, 0.3) is 0 Å². The van der Waals surface area contributed by atoms with E-state index in [9.17, 15) is 4.79 Å². The van der Waals surface area contributed by atoms with Crippen LogP contribution < -0.4 is 5.32 Å². The molecule has 0 saturated carbocycles. The molecule has 0 radical (unpaired) electrons. The van der Waals surface area contributed by atoms with Crippen LogP contribution in [-0.4, -0.2) is 11.8 Å². The normalized spacial score (nSPS) is 12.5. The summed E-state index contributed by atoms with van der Waals surface area (Å²) in [5.74, 6) is -0.187. The molecule has 1 atom stereocenters. The largest absolute Gasteiger partial charge is 0.472 e. The highest BCUT2D eigenvalue weighted by atomic mass is 35.5. The first-order valence-corrected chi connectivity index (χ1v) is 4.15. The van der Waals surface area contributed by atoms with Gasteiger partial charge in [0.05, 0.1) is 18.6 Å². The number of hydrogen-bond donors (Lipinski definition) is 1. The molecule has 0 bridgehead atoms. The maximum Gasteiger partial charge on any atom is 0.235 e. The SMILES string of the molecule is C[C@@H](NC(=O)CCl)c1ccoc1. The van der Waals surface area contributed by atoms with Crippen molar-refractivity contribution in [3.05, 3.63) is 24.2 Å². The summed E-state index contributed by atoms with van der Waals surface area (Å²) in [5, 5.41) is 2.70. The molecule has 0 aromatic carbocycles. The first kappa shape index (κ1) is 9.13. The van der Waals surface area contributed by atoms with Crippen LogP contribution in [0.15, 0.2) is 23.0 Å². The van der Waals surface area contributed by atoms with Crippen LogP contribution >= 0.6 is 11.6 Å². The van der Waals surface area contributed by atoms with Gasteiger partial charge in [0.25, 0.3) is 0 Å². The molecular weight excluding hydrogens is 178 g/mol. The summed E-state index contributed by atoms with van der Waals surface area (Å²) < 4.78 is 4.87. The van der Waals surface area contributed by atoms with Gasteiger partial charge in [-0.1, -0.05) is 0 Å². The van der Waals surface area contributed by atoms with Crippen molar-refractivity contribution in [3.63, 3.8) is 0 Å². The van der Waals surface area contributed by atoms with Gasteiger partial charge in [0.1, 0.15) is 5.88 Å². The van der Waals surface area contributed by atoms with Crippen LogP contribution in [-0.2, 0) is 4.79 Å². The molecule has 0 aliphatic heterocycles. The van der Waals surface area contributed by atoms with E-state index in [1.165, 1.54) is 0 Å². The predicted molar refractivity (Wildman–Crippen MR) is 46.0 cm³/mol. The molecular formula is C8H10ClNO2. The van der Waals surface area contributed by atoms with Gasteiger partial charge in [-0.3, -0.25) is 4.79 Å². The quantitative estimate of drug-likeness (QED) is 0.732. The van der Waals surface area contributed by atoms with Crippen molar-refractivity contribution in [1.82, 2.24) is 5.32 Å². The summed E-state index contributed by atoms with van der Waals surface area (Å²) in [6.45, 7) is 1.87. The molecule has 1 aromatic rings. The topological polar surface area (TPSA) is 42.2 Å². The Bertz CT molecular complexity index is 246. The molecule has 0 aliphatic carbocycles. The van der Waals surface area contributed by atoms with E-state index in [1.54, 1.807) is 18.6 Å². The van der Waals surface area contributed by atoms with Crippen molar-refractivity contribution < 1.29 is 9.21 Å². The maximum atomic E-state index is 10.8. The Hall–Kier alpha value is -0.960. The van der Waals surface area contributed by atoms with E-state index in [-0.39, 0.29) is 17.8 Å². The number of carbonyl (C=O) groups excluding carboxylic acids is 1. The van der Waals surface area contributed by atoms with Gasteiger partial charge in [-0.15, -0.1) is 11.6 Å². The Morgan fingerprint density at radius 3 is 3.08 bits per heavy atom. The number of alkyl halides is 1. The van der Waals surface area contributed by atoms with Gasteiger partial charge in [0, 0.05) is 5.56 Å². The Balaban J connectivity index is 2.49. The minimum absolute atomic E-state index is 0.0117. The van der Waals surface area contributed by atoms with Crippen molar-refractivity contribution in [2.75, 3.05) is 5.88 Å². The van der Waals surface area contributed by atoms with E-state index in [2.05, 4.69) is 5.32 Å². The number of halogens is 1. The molecule has 0 unspecified atom stereocenters. The fourth-order valence-corrected chi connectivity index (χ4v) is 0.962. The number of furan rings is 1. The fourth-order valence-electron chi connectivity index (χ4n) is 0.885. The molecule has 1 heterocycles. The Morgan fingerprint density at radius 1 is 1.83 bits per heavy atom. The minimum Gasteiger partial charge on any atom is -0.472 e. The van der Waals surface area contributed by atoms with Gasteiger partial charge in [-0.25, -0.2) is 0 Å². The number of nitrogens with one attached hydrogen (secondary N) is 1. The average Bonchev–Trinajstić information content (AvgIpc) is 2.56. The van der Waals surface area contributed by atoms with Crippen LogP contribution in [0.4, 0.5) is 0 Å². The summed E-state index contributed by atoms with van der Waals surface area (Å²) in [6, 6.07) is 1.76. The van der Waals surface area contributed by atoms with E-state index in [0.717, 1.165) is 5.56 Å². The zero-order valence-electron chi connectivity index (χ0n) is 6.71. The standard InChI is InChI=1S/C8H10ClNO2/c1-6(10-8(11)4-9)7-2-3-12-5-7/h2-3,5-6H,4H2,1H3,(H,10,11)/t6-/m1/s1. The van der Waals surface area contributed by atoms with Crippen molar-refractivity contribution in [1.29, 1.82) is 0 Å². The van der Waals surface area contributed by atoms with E-state index in [1.807, 2.05) is 6.92 Å². The first-order chi connectivity index (χ1) is 5.74. The lowest BCUT2D eigenvalue weighted by Gasteiger charge is -2.09. The van der Waals surface area contributed by atoms with E-state index >= 15 is 0 Å². The predicted octanol–water partition coefficient (Wildman–Crippen LogP) is 1.70. The summed E-state index contributed by atoms with van der Waals surface area (Å²) in [6.07, 6.45) is 3.16. The molecule has 66 valence electrons. The smallest absolute Gasteiger partial charge is 0.235 e. The summed E-state index contributed by atoms with van der Waals surface area (Å²) in [7, 11) is 0. The molecule has 0 spiro atoms. The fraction of sp³-hybridized carbons (Fsp3) is 0.375. The molecule has 1 amide bonds. The van der Waals surface area contributed by atoms with E-state index < -0.39 is 0 Å². The molecule has 0 saturated heterocycles. The van der Waals surface area contributed by atoms with Crippen LogP contribution in [0.5, 0.6) is 0 Å². The third-order valence-electron chi connectivity index (χ3n) is 1.54. The van der Waals surface area contributed by atoms with E-state index in [4.69, 9.17) is 16.0 Å². The Labute approximate surface area is 75.7 Å². The Morgan fingerprint density at radius 2 is 2.58 bits per heavy atom. The highest BCUT2D eigenvalue weighted by Crippen LogP contribution is 2.11. The molecule has 4 heteroatoms. The minimum atomic E-state index is -0.176. The van der Waals surface area contributed by atoms with Gasteiger partial charge in [-0.2, -0.15) is 0 Å². The van der Waals surface area contributed by atoms with Gasteiger partial charge >= 0.3 is 0 Å². The third-order valence-corrected chi connectivity index (χ3v) is 1.78. The molecule has 3 nitrogen and oxygen atoms in total. The number of rotatable bonds is 3. The van der Waals surface area contributed by atoms with Crippen molar-refractivity contribution in [3.8, 4) is 0 Å². The molecule has 1 aromatic heterocycles. The van der Waals surface area contributed by atoms with Crippen molar-refractivity contribution >= 4 is 17.5 Å². The molecule has 1 rings (SSSR count). The summed E-state index contributed by atoms with van der Waals surface area (Å²) >= 11 is 5.32. The van der Waals surface area contributed by atoms with Crippen LogP contribution in [0.3, 0.4) is 0 Å². The lowest BCUT2D eigenvalue weighted by atomic mass is 10.2. The van der Waals surface area contributed by atoms with Gasteiger partial charge < -0.3 is 9.73 Å². The maximum absolute atomic E-state index is 10.8. The van der Waals surface area contributed by atoms with Crippen LogP contribution in [0.1, 0.15) is 18.5 Å². The lowest BCUT2D eigenvalue weighted by Crippen LogP contribution is -2.27. The second kappa shape index (κ2) is 4.16. The zero-order valence-corrected chi connectivity index (χ0v) is 7.47. The molecule has 1 N–H and O–H groups in total. The lowest BCUT2D eigenvalue weighted by molar-refractivity contribution is -0.119. The monoisotopic (exact) mass is 187 g/mol. The highest BCUT2D eigenvalue weighted by Gasteiger charge is 2.08. The molecule has 12 heavy (non-hydrogen) atoms. The van der Waals surface area contributed by atoms with Crippen molar-refractivity contribution in [2.24, 2.45) is 0 Å².